The summed E-state index contributed by atoms with van der Waals surface area (Å²) in [6.07, 6.45) is 4.34. The monoisotopic (exact) mass is 667 g/mol. The van der Waals surface area contributed by atoms with Crippen molar-refractivity contribution in [3.05, 3.63) is 119 Å². The first-order chi connectivity index (χ1) is 23.2. The Morgan fingerprint density at radius 3 is 2.17 bits per heavy atom. The van der Waals surface area contributed by atoms with Crippen molar-refractivity contribution in [2.45, 2.75) is 58.2 Å². The summed E-state index contributed by atoms with van der Waals surface area (Å²) in [5.74, 6) is 0.302. The van der Waals surface area contributed by atoms with Gasteiger partial charge in [0, 0.05) is 19.1 Å². The lowest BCUT2D eigenvalue weighted by molar-refractivity contribution is -0.145. The Balaban J connectivity index is 1.48. The summed E-state index contributed by atoms with van der Waals surface area (Å²) in [4.78, 5) is 41.4. The maximum absolute atomic E-state index is 13.5. The molecule has 7 nitrogen and oxygen atoms in total. The topological polar surface area (TPSA) is 87.7 Å². The lowest BCUT2D eigenvalue weighted by Crippen LogP contribution is -2.50. The van der Waals surface area contributed by atoms with Crippen LogP contribution in [0.5, 0.6) is 0 Å². The van der Waals surface area contributed by atoms with E-state index in [4.69, 9.17) is 4.74 Å². The number of esters is 1. The van der Waals surface area contributed by atoms with Gasteiger partial charge in [0.25, 0.3) is 0 Å². The maximum Gasteiger partial charge on any atom is 0.328 e. The van der Waals surface area contributed by atoms with Gasteiger partial charge in [-0.05, 0) is 70.2 Å². The number of thioether (sulfide) groups is 1. The minimum Gasteiger partial charge on any atom is -0.467 e. The highest BCUT2D eigenvalue weighted by molar-refractivity contribution is 7.98. The maximum atomic E-state index is 13.5. The van der Waals surface area contributed by atoms with E-state index < -0.39 is 12.0 Å². The molecule has 4 rings (SSSR count). The molecule has 0 saturated carbocycles. The molecule has 0 aromatic heterocycles. The summed E-state index contributed by atoms with van der Waals surface area (Å²) in [5.41, 5.74) is 4.51. The highest BCUT2D eigenvalue weighted by Gasteiger charge is 2.25. The van der Waals surface area contributed by atoms with E-state index in [-0.39, 0.29) is 30.8 Å². The van der Waals surface area contributed by atoms with Crippen LogP contribution in [0.25, 0.3) is 10.8 Å². The summed E-state index contributed by atoms with van der Waals surface area (Å²) in [5, 5.41) is 8.44. The van der Waals surface area contributed by atoms with E-state index in [1.165, 1.54) is 18.2 Å². The normalized spacial score (nSPS) is 12.5. The highest BCUT2D eigenvalue weighted by atomic mass is 32.2. The minimum absolute atomic E-state index is 0.0474. The molecule has 0 aliphatic heterocycles. The van der Waals surface area contributed by atoms with Crippen LogP contribution in [0.3, 0.4) is 0 Å². The molecule has 0 spiro atoms. The molecular formula is C40H49N3O4S. The number of benzene rings is 4. The average molecular weight is 668 g/mol. The standard InChI is InChI=1S/C40H49N3O4S/c1-29(2)23-35(41-38(44)25-32-19-17-31(18-20-32)24-30-11-6-5-7-12-30)27-43(26-34-15-10-14-33-13-8-9-16-36(33)34)28-39(45)42-37(21-22-48-4)40(46)47-3/h5-20,29,35,37H,21-28H2,1-4H3,(H,41,44)(H,42,45)/t35-,37-/m0/s1. The first kappa shape index (κ1) is 36.7. The number of hydrogen-bond acceptors (Lipinski definition) is 6. The zero-order valence-electron chi connectivity index (χ0n) is 28.6. The van der Waals surface area contributed by atoms with Gasteiger partial charge in [-0.25, -0.2) is 4.79 Å². The number of nitrogens with one attached hydrogen (secondary N) is 2. The second kappa shape index (κ2) is 19.0. The second-order valence-electron chi connectivity index (χ2n) is 12.8. The summed E-state index contributed by atoms with van der Waals surface area (Å²) in [7, 11) is 1.34. The number of fused-ring (bicyclic) bond motifs is 1. The predicted octanol–water partition coefficient (Wildman–Crippen LogP) is 6.42. The molecule has 0 aliphatic rings. The molecule has 0 radical (unpaired) electrons. The predicted molar refractivity (Wildman–Crippen MR) is 197 cm³/mol. The molecule has 0 saturated heterocycles. The highest BCUT2D eigenvalue weighted by Crippen LogP contribution is 2.21. The van der Waals surface area contributed by atoms with Gasteiger partial charge in [-0.3, -0.25) is 14.5 Å². The van der Waals surface area contributed by atoms with E-state index in [1.54, 1.807) is 11.8 Å². The van der Waals surface area contributed by atoms with Gasteiger partial charge in [0.15, 0.2) is 0 Å². The number of amides is 2. The van der Waals surface area contributed by atoms with Gasteiger partial charge in [0.1, 0.15) is 6.04 Å². The summed E-state index contributed by atoms with van der Waals surface area (Å²) in [6, 6.07) is 32.1. The van der Waals surface area contributed by atoms with Crippen LogP contribution in [0.4, 0.5) is 0 Å². The molecular weight excluding hydrogens is 619 g/mol. The molecule has 0 fully saturated rings. The van der Waals surface area contributed by atoms with Gasteiger partial charge >= 0.3 is 5.97 Å². The van der Waals surface area contributed by atoms with Gasteiger partial charge in [-0.1, -0.05) is 111 Å². The van der Waals surface area contributed by atoms with Crippen LogP contribution in [-0.4, -0.2) is 67.0 Å². The Morgan fingerprint density at radius 2 is 1.46 bits per heavy atom. The van der Waals surface area contributed by atoms with Gasteiger partial charge in [-0.2, -0.15) is 11.8 Å². The molecule has 8 heteroatoms. The molecule has 48 heavy (non-hydrogen) atoms. The SMILES string of the molecule is COC(=O)[C@H](CCSC)NC(=O)CN(Cc1cccc2ccccc12)C[C@H](CC(C)C)NC(=O)Cc1ccc(Cc2ccccc2)cc1. The van der Waals surface area contributed by atoms with E-state index in [0.29, 0.717) is 25.4 Å². The van der Waals surface area contributed by atoms with Crippen LogP contribution in [0.1, 0.15) is 48.9 Å². The number of methoxy groups -OCH3 is 1. The van der Waals surface area contributed by atoms with Crippen LogP contribution in [0.2, 0.25) is 0 Å². The van der Waals surface area contributed by atoms with Crippen molar-refractivity contribution < 1.29 is 19.1 Å². The van der Waals surface area contributed by atoms with E-state index in [9.17, 15) is 14.4 Å². The molecule has 0 bridgehead atoms. The fourth-order valence-electron chi connectivity index (χ4n) is 6.06. The van der Waals surface area contributed by atoms with Crippen molar-refractivity contribution in [2.24, 2.45) is 5.92 Å². The van der Waals surface area contributed by atoms with Crippen LogP contribution in [-0.2, 0) is 38.5 Å². The van der Waals surface area contributed by atoms with E-state index in [0.717, 1.165) is 40.5 Å². The zero-order valence-corrected chi connectivity index (χ0v) is 29.4. The van der Waals surface area contributed by atoms with Crippen LogP contribution >= 0.6 is 11.8 Å². The molecule has 2 N–H and O–H groups in total. The first-order valence-electron chi connectivity index (χ1n) is 16.7. The van der Waals surface area contributed by atoms with Gasteiger partial charge in [0.05, 0.1) is 20.1 Å². The Hall–Kier alpha value is -4.14. The Kier molecular flexibility index (Phi) is 14.5. The van der Waals surface area contributed by atoms with Gasteiger partial charge in [-0.15, -0.1) is 0 Å². The number of rotatable bonds is 18. The van der Waals surface area contributed by atoms with Crippen molar-refractivity contribution in [1.29, 1.82) is 0 Å². The average Bonchev–Trinajstić information content (AvgIpc) is 3.07. The number of carbonyl (C=O) groups excluding carboxylic acids is 3. The van der Waals surface area contributed by atoms with Crippen LogP contribution in [0, 0.1) is 5.92 Å². The van der Waals surface area contributed by atoms with Crippen molar-refractivity contribution in [3.8, 4) is 0 Å². The third-order valence-electron chi connectivity index (χ3n) is 8.31. The molecule has 0 aliphatic carbocycles. The molecule has 0 unspecified atom stereocenters. The smallest absolute Gasteiger partial charge is 0.328 e. The number of nitrogens with zero attached hydrogens (tertiary/aromatic N) is 1. The van der Waals surface area contributed by atoms with Crippen molar-refractivity contribution in [3.63, 3.8) is 0 Å². The third kappa shape index (κ3) is 11.8. The van der Waals surface area contributed by atoms with Crippen LogP contribution < -0.4 is 10.6 Å². The lowest BCUT2D eigenvalue weighted by Gasteiger charge is -2.30. The van der Waals surface area contributed by atoms with Gasteiger partial charge in [0.2, 0.25) is 11.8 Å². The van der Waals surface area contributed by atoms with E-state index in [2.05, 4.69) is 77.9 Å². The molecule has 2 amide bonds. The largest absolute Gasteiger partial charge is 0.467 e. The fourth-order valence-corrected chi connectivity index (χ4v) is 6.53. The number of ether oxygens (including phenoxy) is 1. The van der Waals surface area contributed by atoms with E-state index in [1.807, 2.05) is 54.8 Å². The summed E-state index contributed by atoms with van der Waals surface area (Å²) >= 11 is 1.61. The molecule has 254 valence electrons. The van der Waals surface area contributed by atoms with Crippen molar-refractivity contribution in [1.82, 2.24) is 15.5 Å². The molecule has 0 heterocycles. The Bertz CT molecular complexity index is 1600. The summed E-state index contributed by atoms with van der Waals surface area (Å²) < 4.78 is 4.97. The third-order valence-corrected chi connectivity index (χ3v) is 8.95. The minimum atomic E-state index is -0.709. The van der Waals surface area contributed by atoms with Crippen LogP contribution in [0.15, 0.2) is 97.1 Å². The summed E-state index contributed by atoms with van der Waals surface area (Å²) in [6.45, 7) is 5.33. The Labute approximate surface area is 289 Å². The first-order valence-corrected chi connectivity index (χ1v) is 18.1. The number of carbonyl (C=O) groups is 3. The molecule has 2 atom stereocenters. The zero-order chi connectivity index (χ0) is 34.3. The molecule has 4 aromatic carbocycles. The quantitative estimate of drug-likeness (QED) is 0.119. The molecule has 4 aromatic rings. The second-order valence-corrected chi connectivity index (χ2v) is 13.8. The van der Waals surface area contributed by atoms with Gasteiger partial charge < -0.3 is 15.4 Å². The lowest BCUT2D eigenvalue weighted by atomic mass is 10.0. The Morgan fingerprint density at radius 1 is 0.792 bits per heavy atom. The van der Waals surface area contributed by atoms with Crippen molar-refractivity contribution in [2.75, 3.05) is 32.2 Å². The van der Waals surface area contributed by atoms with Crippen molar-refractivity contribution >= 4 is 40.3 Å². The van der Waals surface area contributed by atoms with E-state index >= 15 is 0 Å². The fraction of sp³-hybridized carbons (Fsp3) is 0.375. The number of hydrogen-bond donors (Lipinski definition) is 2.